The smallest absolute Gasteiger partial charge is 0.138 e. The Balaban J connectivity index is 2.10. The molecule has 0 heterocycles. The second kappa shape index (κ2) is 6.27. The maximum atomic E-state index is 6.19. The van der Waals surface area contributed by atoms with Crippen molar-refractivity contribution < 1.29 is 4.74 Å². The van der Waals surface area contributed by atoms with Gasteiger partial charge in [-0.25, -0.2) is 0 Å². The molecule has 3 unspecified atom stereocenters. The minimum absolute atomic E-state index is 0.192. The summed E-state index contributed by atoms with van der Waals surface area (Å²) >= 11 is 9.59. The number of ether oxygens (including phenoxy) is 1. The molecule has 0 saturated heterocycles. The van der Waals surface area contributed by atoms with Crippen LogP contribution in [0.25, 0.3) is 0 Å². The summed E-state index contributed by atoms with van der Waals surface area (Å²) in [5.41, 5.74) is 5.83. The molecule has 1 aliphatic carbocycles. The van der Waals surface area contributed by atoms with Crippen LogP contribution in [-0.2, 0) is 0 Å². The molecule has 4 heteroatoms. The number of hydrogen-bond donors (Lipinski definition) is 1. The lowest BCUT2D eigenvalue weighted by atomic mass is 9.80. The Hall–Kier alpha value is -0.250. The SMILES string of the molecule is CC1CCC(CN)C(Oc2ccc(Br)cc2Cl)C1. The molecular weight excluding hydrogens is 314 g/mol. The monoisotopic (exact) mass is 331 g/mol. The molecule has 0 bridgehead atoms. The third-order valence-electron chi connectivity index (χ3n) is 3.67. The van der Waals surface area contributed by atoms with Gasteiger partial charge >= 0.3 is 0 Å². The average molecular weight is 333 g/mol. The van der Waals surface area contributed by atoms with Crippen molar-refractivity contribution in [1.82, 2.24) is 0 Å². The first kappa shape index (κ1) is 14.2. The summed E-state index contributed by atoms with van der Waals surface area (Å²) in [5, 5.41) is 0.651. The van der Waals surface area contributed by atoms with Gasteiger partial charge in [0.15, 0.2) is 0 Å². The second-order valence-electron chi connectivity index (χ2n) is 5.15. The van der Waals surface area contributed by atoms with Crippen molar-refractivity contribution in [3.05, 3.63) is 27.7 Å². The van der Waals surface area contributed by atoms with Crippen LogP contribution in [0.15, 0.2) is 22.7 Å². The van der Waals surface area contributed by atoms with Crippen LogP contribution in [0.1, 0.15) is 26.2 Å². The summed E-state index contributed by atoms with van der Waals surface area (Å²) in [7, 11) is 0. The van der Waals surface area contributed by atoms with Gasteiger partial charge < -0.3 is 10.5 Å². The quantitative estimate of drug-likeness (QED) is 0.898. The molecular formula is C14H19BrClNO. The van der Waals surface area contributed by atoms with Crippen LogP contribution in [0.2, 0.25) is 5.02 Å². The summed E-state index contributed by atoms with van der Waals surface area (Å²) in [6, 6.07) is 5.73. The number of benzene rings is 1. The Labute approximate surface area is 122 Å². The van der Waals surface area contributed by atoms with Gasteiger partial charge in [0.1, 0.15) is 11.9 Å². The Bertz CT molecular complexity index is 413. The van der Waals surface area contributed by atoms with Gasteiger partial charge in [-0.1, -0.05) is 40.9 Å². The first-order valence-electron chi connectivity index (χ1n) is 6.42. The Morgan fingerprint density at radius 3 is 2.89 bits per heavy atom. The average Bonchev–Trinajstić information content (AvgIpc) is 2.33. The molecule has 2 nitrogen and oxygen atoms in total. The van der Waals surface area contributed by atoms with Gasteiger partial charge in [0, 0.05) is 10.4 Å². The summed E-state index contributed by atoms with van der Waals surface area (Å²) in [6.07, 6.45) is 3.65. The van der Waals surface area contributed by atoms with Crippen LogP contribution >= 0.6 is 27.5 Å². The van der Waals surface area contributed by atoms with Gasteiger partial charge in [-0.05, 0) is 43.5 Å². The summed E-state index contributed by atoms with van der Waals surface area (Å²) in [5.74, 6) is 1.91. The Morgan fingerprint density at radius 2 is 2.22 bits per heavy atom. The van der Waals surface area contributed by atoms with Gasteiger partial charge in [0.05, 0.1) is 5.02 Å². The predicted molar refractivity (Wildman–Crippen MR) is 79.1 cm³/mol. The molecule has 1 fully saturated rings. The molecule has 1 aromatic carbocycles. The maximum absolute atomic E-state index is 6.19. The van der Waals surface area contributed by atoms with E-state index in [1.807, 2.05) is 18.2 Å². The lowest BCUT2D eigenvalue weighted by Crippen LogP contribution is -2.37. The van der Waals surface area contributed by atoms with E-state index >= 15 is 0 Å². The highest BCUT2D eigenvalue weighted by Crippen LogP contribution is 2.34. The van der Waals surface area contributed by atoms with Gasteiger partial charge in [-0.15, -0.1) is 0 Å². The number of nitrogens with two attached hydrogens (primary N) is 1. The first-order valence-corrected chi connectivity index (χ1v) is 7.59. The van der Waals surface area contributed by atoms with Crippen molar-refractivity contribution in [2.24, 2.45) is 17.6 Å². The van der Waals surface area contributed by atoms with Crippen LogP contribution < -0.4 is 10.5 Å². The van der Waals surface area contributed by atoms with Crippen molar-refractivity contribution in [2.45, 2.75) is 32.3 Å². The van der Waals surface area contributed by atoms with E-state index < -0.39 is 0 Å². The Morgan fingerprint density at radius 1 is 1.44 bits per heavy atom. The van der Waals surface area contributed by atoms with Crippen LogP contribution in [0.5, 0.6) is 5.75 Å². The van der Waals surface area contributed by atoms with Crippen molar-refractivity contribution in [1.29, 1.82) is 0 Å². The highest BCUT2D eigenvalue weighted by molar-refractivity contribution is 9.10. The van der Waals surface area contributed by atoms with E-state index in [1.165, 1.54) is 6.42 Å². The van der Waals surface area contributed by atoms with Crippen molar-refractivity contribution in [2.75, 3.05) is 6.54 Å². The van der Waals surface area contributed by atoms with E-state index in [9.17, 15) is 0 Å². The van der Waals surface area contributed by atoms with Crippen LogP contribution in [0.4, 0.5) is 0 Å². The van der Waals surface area contributed by atoms with Gasteiger partial charge in [-0.3, -0.25) is 0 Å². The van der Waals surface area contributed by atoms with E-state index in [0.29, 0.717) is 23.4 Å². The fourth-order valence-electron chi connectivity index (χ4n) is 2.54. The zero-order valence-corrected chi connectivity index (χ0v) is 12.9. The summed E-state index contributed by atoms with van der Waals surface area (Å²) in [6.45, 7) is 2.96. The number of hydrogen-bond acceptors (Lipinski definition) is 2. The van der Waals surface area contributed by atoms with Crippen LogP contribution in [-0.4, -0.2) is 12.6 Å². The summed E-state index contributed by atoms with van der Waals surface area (Å²) < 4.78 is 7.05. The van der Waals surface area contributed by atoms with Crippen molar-refractivity contribution in [3.8, 4) is 5.75 Å². The summed E-state index contributed by atoms with van der Waals surface area (Å²) in [4.78, 5) is 0. The third-order valence-corrected chi connectivity index (χ3v) is 4.45. The zero-order chi connectivity index (χ0) is 13.1. The van der Waals surface area contributed by atoms with Crippen molar-refractivity contribution in [3.63, 3.8) is 0 Å². The fourth-order valence-corrected chi connectivity index (χ4v) is 3.26. The predicted octanol–water partition coefficient (Wildman–Crippen LogP) is 4.24. The van der Waals surface area contributed by atoms with Crippen LogP contribution in [0.3, 0.4) is 0 Å². The zero-order valence-electron chi connectivity index (χ0n) is 10.5. The van der Waals surface area contributed by atoms with E-state index in [0.717, 1.165) is 23.1 Å². The molecule has 0 aliphatic heterocycles. The lowest BCUT2D eigenvalue weighted by Gasteiger charge is -2.34. The molecule has 18 heavy (non-hydrogen) atoms. The largest absolute Gasteiger partial charge is 0.489 e. The molecule has 2 N–H and O–H groups in total. The normalized spacial score (nSPS) is 28.1. The minimum atomic E-state index is 0.192. The molecule has 2 rings (SSSR count). The molecule has 0 radical (unpaired) electrons. The van der Waals surface area contributed by atoms with E-state index in [1.54, 1.807) is 0 Å². The number of rotatable bonds is 3. The van der Waals surface area contributed by atoms with E-state index in [-0.39, 0.29) is 6.10 Å². The van der Waals surface area contributed by atoms with Crippen LogP contribution in [0, 0.1) is 11.8 Å². The molecule has 0 spiro atoms. The van der Waals surface area contributed by atoms with E-state index in [2.05, 4.69) is 22.9 Å². The molecule has 1 aliphatic rings. The maximum Gasteiger partial charge on any atom is 0.138 e. The third kappa shape index (κ3) is 3.40. The molecule has 0 amide bonds. The molecule has 100 valence electrons. The first-order chi connectivity index (χ1) is 8.60. The van der Waals surface area contributed by atoms with Gasteiger partial charge in [0.25, 0.3) is 0 Å². The molecule has 1 aromatic rings. The van der Waals surface area contributed by atoms with Gasteiger partial charge in [-0.2, -0.15) is 0 Å². The minimum Gasteiger partial charge on any atom is -0.489 e. The standard InChI is InChI=1S/C14H19BrClNO/c1-9-2-3-10(8-17)14(6-9)18-13-5-4-11(15)7-12(13)16/h4-5,7,9-10,14H,2-3,6,8,17H2,1H3. The topological polar surface area (TPSA) is 35.2 Å². The molecule has 1 saturated carbocycles. The molecule has 0 aromatic heterocycles. The highest BCUT2D eigenvalue weighted by Gasteiger charge is 2.29. The number of halogens is 2. The highest BCUT2D eigenvalue weighted by atomic mass is 79.9. The second-order valence-corrected chi connectivity index (χ2v) is 6.47. The van der Waals surface area contributed by atoms with Crippen molar-refractivity contribution >= 4 is 27.5 Å². The van der Waals surface area contributed by atoms with Gasteiger partial charge in [0.2, 0.25) is 0 Å². The Kier molecular flexibility index (Phi) is 4.93. The van der Waals surface area contributed by atoms with E-state index in [4.69, 9.17) is 22.1 Å². The molecule has 3 atom stereocenters. The lowest BCUT2D eigenvalue weighted by molar-refractivity contribution is 0.0743. The fraction of sp³-hybridized carbons (Fsp3) is 0.571.